The van der Waals surface area contributed by atoms with Crippen molar-refractivity contribution in [2.45, 2.75) is 38.6 Å². The van der Waals surface area contributed by atoms with Gasteiger partial charge in [-0.05, 0) is 18.8 Å². The van der Waals surface area contributed by atoms with E-state index in [4.69, 9.17) is 5.73 Å². The second-order valence-corrected chi connectivity index (χ2v) is 5.29. The van der Waals surface area contributed by atoms with Crippen LogP contribution in [0, 0.1) is 5.92 Å². The minimum absolute atomic E-state index is 0.106. The van der Waals surface area contributed by atoms with E-state index in [1.165, 1.54) is 0 Å². The second-order valence-electron chi connectivity index (χ2n) is 5.29. The third-order valence-electron chi connectivity index (χ3n) is 3.22. The summed E-state index contributed by atoms with van der Waals surface area (Å²) in [5.41, 5.74) is 5.41. The molecule has 1 aliphatic rings. The van der Waals surface area contributed by atoms with Crippen LogP contribution in [0.15, 0.2) is 6.07 Å². The number of primary amides is 1. The molecule has 1 amide bonds. The van der Waals surface area contributed by atoms with Gasteiger partial charge in [-0.3, -0.25) is 4.79 Å². The summed E-state index contributed by atoms with van der Waals surface area (Å²) in [5, 5.41) is 6.12. The summed E-state index contributed by atoms with van der Waals surface area (Å²) < 4.78 is 0. The summed E-state index contributed by atoms with van der Waals surface area (Å²) in [5.74, 6) is 2.44. The number of hydrogen-bond donors (Lipinski definition) is 3. The average molecular weight is 263 g/mol. The van der Waals surface area contributed by atoms with Crippen LogP contribution in [0.1, 0.15) is 38.4 Å². The molecule has 0 radical (unpaired) electrons. The standard InChI is InChI=1S/C13H21N5O/c1-7(2)11(12(14)19)16-10-6-9(15-3)17-13(18-10)8-4-5-8/h6-8,11H,4-5H2,1-3H3,(H2,14,19)(H2,15,16,17,18). The van der Waals surface area contributed by atoms with Crippen molar-refractivity contribution in [3.8, 4) is 0 Å². The van der Waals surface area contributed by atoms with Gasteiger partial charge in [0, 0.05) is 19.0 Å². The van der Waals surface area contributed by atoms with E-state index >= 15 is 0 Å². The molecule has 1 fully saturated rings. The molecule has 2 rings (SSSR count). The lowest BCUT2D eigenvalue weighted by atomic mass is 10.0. The van der Waals surface area contributed by atoms with Crippen molar-refractivity contribution in [2.75, 3.05) is 17.7 Å². The van der Waals surface area contributed by atoms with Crippen LogP contribution in [0.3, 0.4) is 0 Å². The molecule has 19 heavy (non-hydrogen) atoms. The molecule has 0 saturated heterocycles. The van der Waals surface area contributed by atoms with E-state index in [-0.39, 0.29) is 11.8 Å². The lowest BCUT2D eigenvalue weighted by molar-refractivity contribution is -0.119. The Morgan fingerprint density at radius 3 is 2.47 bits per heavy atom. The van der Waals surface area contributed by atoms with Crippen molar-refractivity contribution in [1.29, 1.82) is 0 Å². The van der Waals surface area contributed by atoms with Crippen LogP contribution < -0.4 is 16.4 Å². The van der Waals surface area contributed by atoms with E-state index < -0.39 is 6.04 Å². The van der Waals surface area contributed by atoms with Gasteiger partial charge < -0.3 is 16.4 Å². The van der Waals surface area contributed by atoms with E-state index in [1.807, 2.05) is 20.9 Å². The fourth-order valence-electron chi connectivity index (χ4n) is 1.92. The van der Waals surface area contributed by atoms with Gasteiger partial charge in [0.05, 0.1) is 0 Å². The zero-order valence-corrected chi connectivity index (χ0v) is 11.6. The molecule has 0 spiro atoms. The first-order valence-electron chi connectivity index (χ1n) is 6.64. The highest BCUT2D eigenvalue weighted by molar-refractivity contribution is 5.83. The third kappa shape index (κ3) is 3.33. The fraction of sp³-hybridized carbons (Fsp3) is 0.615. The van der Waals surface area contributed by atoms with Crippen LogP contribution in [0.25, 0.3) is 0 Å². The number of hydrogen-bond acceptors (Lipinski definition) is 5. The monoisotopic (exact) mass is 263 g/mol. The summed E-state index contributed by atoms with van der Waals surface area (Å²) in [4.78, 5) is 20.3. The Morgan fingerprint density at radius 1 is 1.37 bits per heavy atom. The first-order chi connectivity index (χ1) is 9.01. The van der Waals surface area contributed by atoms with E-state index in [0.717, 1.165) is 24.5 Å². The van der Waals surface area contributed by atoms with Crippen LogP contribution in [-0.2, 0) is 4.79 Å². The Morgan fingerprint density at radius 2 is 2.00 bits per heavy atom. The molecule has 4 N–H and O–H groups in total. The number of aromatic nitrogens is 2. The quantitative estimate of drug-likeness (QED) is 0.719. The van der Waals surface area contributed by atoms with Crippen LogP contribution in [0.4, 0.5) is 11.6 Å². The smallest absolute Gasteiger partial charge is 0.240 e. The largest absolute Gasteiger partial charge is 0.373 e. The van der Waals surface area contributed by atoms with Gasteiger partial charge in [-0.2, -0.15) is 0 Å². The van der Waals surface area contributed by atoms with Crippen molar-refractivity contribution in [1.82, 2.24) is 9.97 Å². The Hall–Kier alpha value is -1.85. The number of rotatable bonds is 6. The SMILES string of the molecule is CNc1cc(NC(C(N)=O)C(C)C)nc(C2CC2)n1. The van der Waals surface area contributed by atoms with Crippen molar-refractivity contribution < 1.29 is 4.79 Å². The van der Waals surface area contributed by atoms with Crippen LogP contribution >= 0.6 is 0 Å². The molecule has 1 aliphatic carbocycles. The molecule has 6 nitrogen and oxygen atoms in total. The van der Waals surface area contributed by atoms with Crippen molar-refractivity contribution >= 4 is 17.5 Å². The van der Waals surface area contributed by atoms with Gasteiger partial charge in [-0.25, -0.2) is 9.97 Å². The van der Waals surface area contributed by atoms with E-state index in [9.17, 15) is 4.79 Å². The summed E-state index contributed by atoms with van der Waals surface area (Å²) >= 11 is 0. The van der Waals surface area contributed by atoms with Crippen LogP contribution in [0.5, 0.6) is 0 Å². The van der Waals surface area contributed by atoms with Crippen molar-refractivity contribution in [3.05, 3.63) is 11.9 Å². The van der Waals surface area contributed by atoms with Crippen LogP contribution in [0.2, 0.25) is 0 Å². The van der Waals surface area contributed by atoms with Gasteiger partial charge in [-0.1, -0.05) is 13.8 Å². The Bertz CT molecular complexity index is 470. The number of amides is 1. The number of nitrogens with zero attached hydrogens (tertiary/aromatic N) is 2. The van der Waals surface area contributed by atoms with Gasteiger partial charge in [0.2, 0.25) is 5.91 Å². The van der Waals surface area contributed by atoms with Gasteiger partial charge in [0.1, 0.15) is 23.5 Å². The first kappa shape index (κ1) is 13.6. The minimum Gasteiger partial charge on any atom is -0.373 e. The lowest BCUT2D eigenvalue weighted by Gasteiger charge is -2.20. The zero-order chi connectivity index (χ0) is 14.0. The van der Waals surface area contributed by atoms with Gasteiger partial charge in [0.25, 0.3) is 0 Å². The number of nitrogens with one attached hydrogen (secondary N) is 2. The summed E-state index contributed by atoms with van der Waals surface area (Å²) in [7, 11) is 1.82. The molecule has 104 valence electrons. The maximum atomic E-state index is 11.4. The molecule has 1 heterocycles. The number of carbonyl (C=O) groups excluding carboxylic acids is 1. The summed E-state index contributed by atoms with van der Waals surface area (Å²) in [6.07, 6.45) is 2.27. The van der Waals surface area contributed by atoms with E-state index in [1.54, 1.807) is 6.07 Å². The predicted octanol–water partition coefficient (Wildman–Crippen LogP) is 1.32. The van der Waals surface area contributed by atoms with Crippen molar-refractivity contribution in [2.24, 2.45) is 11.7 Å². The second kappa shape index (κ2) is 5.42. The molecule has 0 aliphatic heterocycles. The third-order valence-corrected chi connectivity index (χ3v) is 3.22. The Labute approximate surface area is 113 Å². The normalized spacial score (nSPS) is 16.2. The van der Waals surface area contributed by atoms with Crippen molar-refractivity contribution in [3.63, 3.8) is 0 Å². The predicted molar refractivity (Wildman–Crippen MR) is 75.0 cm³/mol. The Balaban J connectivity index is 2.22. The highest BCUT2D eigenvalue weighted by Gasteiger charge is 2.28. The van der Waals surface area contributed by atoms with Gasteiger partial charge in [0.15, 0.2) is 0 Å². The topological polar surface area (TPSA) is 92.9 Å². The zero-order valence-electron chi connectivity index (χ0n) is 11.6. The molecule has 1 aromatic rings. The summed E-state index contributed by atoms with van der Waals surface area (Å²) in [6, 6.07) is 1.37. The molecule has 1 unspecified atom stereocenters. The van der Waals surface area contributed by atoms with E-state index in [2.05, 4.69) is 20.6 Å². The number of carbonyl (C=O) groups is 1. The molecule has 6 heteroatoms. The highest BCUT2D eigenvalue weighted by Crippen LogP contribution is 2.38. The maximum Gasteiger partial charge on any atom is 0.240 e. The van der Waals surface area contributed by atoms with Crippen LogP contribution in [-0.4, -0.2) is 29.0 Å². The summed E-state index contributed by atoms with van der Waals surface area (Å²) in [6.45, 7) is 3.90. The fourth-order valence-corrected chi connectivity index (χ4v) is 1.92. The van der Waals surface area contributed by atoms with Gasteiger partial charge in [-0.15, -0.1) is 0 Å². The molecule has 0 bridgehead atoms. The first-order valence-corrected chi connectivity index (χ1v) is 6.64. The lowest BCUT2D eigenvalue weighted by Crippen LogP contribution is -2.39. The molecular formula is C13H21N5O. The molecule has 1 aromatic heterocycles. The average Bonchev–Trinajstić information content (AvgIpc) is 3.19. The molecular weight excluding hydrogens is 242 g/mol. The number of anilines is 2. The molecule has 0 aromatic carbocycles. The Kier molecular flexibility index (Phi) is 3.87. The number of nitrogens with two attached hydrogens (primary N) is 1. The molecule has 1 saturated carbocycles. The molecule has 1 atom stereocenters. The van der Waals surface area contributed by atoms with Gasteiger partial charge >= 0.3 is 0 Å². The minimum atomic E-state index is -0.424. The highest BCUT2D eigenvalue weighted by atomic mass is 16.1. The van der Waals surface area contributed by atoms with E-state index in [0.29, 0.717) is 11.7 Å². The maximum absolute atomic E-state index is 11.4.